The van der Waals surface area contributed by atoms with Gasteiger partial charge >= 0.3 is 29.6 Å². The Morgan fingerprint density at radius 2 is 1.55 bits per heavy atom. The number of fused-ring (bicyclic) bond motifs is 2. The number of hydrogen-bond donors (Lipinski definition) is 7. The van der Waals surface area contributed by atoms with E-state index in [-0.39, 0.29) is 40.7 Å². The molecule has 5 rings (SSSR count). The van der Waals surface area contributed by atoms with Crippen LogP contribution >= 0.6 is 0 Å². The average molecular weight is 685 g/mol. The van der Waals surface area contributed by atoms with Gasteiger partial charge in [0.15, 0.2) is 17.3 Å². The molecule has 1 heterocycles. The van der Waals surface area contributed by atoms with Gasteiger partial charge in [0.2, 0.25) is 12.1 Å². The molecule has 1 saturated heterocycles. The van der Waals surface area contributed by atoms with Crippen LogP contribution in [0.4, 0.5) is 0 Å². The minimum Gasteiger partial charge on any atom is -0.716 e. The van der Waals surface area contributed by atoms with Crippen LogP contribution in [0.2, 0.25) is 0 Å². The zero-order valence-electron chi connectivity index (χ0n) is 24.7. The Labute approximate surface area is 287 Å². The number of ketones is 3. The molecule has 3 aromatic carbocycles. The fraction of sp³-hybridized carbons (Fsp3) is 0.276. The van der Waals surface area contributed by atoms with E-state index in [4.69, 9.17) is 9.47 Å². The van der Waals surface area contributed by atoms with E-state index in [1.54, 1.807) is 0 Å². The third-order valence-corrected chi connectivity index (χ3v) is 7.97. The zero-order chi connectivity index (χ0) is 34.0. The van der Waals surface area contributed by atoms with Crippen molar-refractivity contribution in [2.75, 3.05) is 6.61 Å². The summed E-state index contributed by atoms with van der Waals surface area (Å²) in [4.78, 5) is 40.2. The number of aromatic hydroxyl groups is 3. The normalized spacial score (nSPS) is 22.1. The smallest absolute Gasteiger partial charge is 0.716 e. The standard InChI is InChI=1S/C29H26O16S.Na/c1-9-6-13(33)20-22(23(34)11-4-3-5-12(32)19(11)26(20)37)17(9)21-15(45-46(40,41)42)7-14(18(10(2)31)25(21)36)43-29-28(39)27(38)24(35)16(8-30)44-29;/h3-7,16,24,27-30,32-33,35-36,38-39H,8H2,1-2H3,(H,40,41,42);/q;+1/p-1. The van der Waals surface area contributed by atoms with Crippen molar-refractivity contribution in [3.8, 4) is 39.9 Å². The number of carbonyl (C=O) groups is 3. The molecule has 0 spiro atoms. The van der Waals surface area contributed by atoms with E-state index in [0.717, 1.165) is 19.1 Å². The van der Waals surface area contributed by atoms with E-state index in [0.29, 0.717) is 6.07 Å². The molecule has 0 amide bonds. The van der Waals surface area contributed by atoms with Crippen molar-refractivity contribution in [3.05, 3.63) is 63.7 Å². The predicted molar refractivity (Wildman–Crippen MR) is 150 cm³/mol. The van der Waals surface area contributed by atoms with Crippen LogP contribution in [0.3, 0.4) is 0 Å². The average Bonchev–Trinajstić information content (AvgIpc) is 2.95. The van der Waals surface area contributed by atoms with Crippen molar-refractivity contribution in [1.82, 2.24) is 0 Å². The maximum absolute atomic E-state index is 13.8. The van der Waals surface area contributed by atoms with Crippen molar-refractivity contribution in [2.45, 2.75) is 44.6 Å². The zero-order valence-corrected chi connectivity index (χ0v) is 27.5. The van der Waals surface area contributed by atoms with E-state index < -0.39 is 127 Å². The molecule has 0 aromatic heterocycles. The van der Waals surface area contributed by atoms with Gasteiger partial charge < -0.3 is 54.0 Å². The summed E-state index contributed by atoms with van der Waals surface area (Å²) in [5, 5.41) is 72.8. The van der Waals surface area contributed by atoms with Crippen molar-refractivity contribution >= 4 is 27.7 Å². The van der Waals surface area contributed by atoms with Crippen LogP contribution in [0.25, 0.3) is 11.1 Å². The number of carbonyl (C=O) groups excluding carboxylic acids is 3. The molecular weight excluding hydrogens is 659 g/mol. The van der Waals surface area contributed by atoms with Gasteiger partial charge in [-0.05, 0) is 31.5 Å². The number of aryl methyl sites for hydroxylation is 1. The van der Waals surface area contributed by atoms with Crippen LogP contribution in [-0.4, -0.2) is 103 Å². The first-order valence-corrected chi connectivity index (χ1v) is 14.6. The maximum Gasteiger partial charge on any atom is 1.00 e. The van der Waals surface area contributed by atoms with Gasteiger partial charge in [0.05, 0.1) is 23.3 Å². The quantitative estimate of drug-likeness (QED) is 0.0436. The van der Waals surface area contributed by atoms with Crippen LogP contribution in [0, 0.1) is 6.92 Å². The van der Waals surface area contributed by atoms with Crippen LogP contribution in [0.5, 0.6) is 28.7 Å². The summed E-state index contributed by atoms with van der Waals surface area (Å²) in [5.41, 5.74) is -4.07. The molecule has 0 saturated carbocycles. The van der Waals surface area contributed by atoms with E-state index in [9.17, 15) is 63.1 Å². The van der Waals surface area contributed by atoms with Crippen molar-refractivity contribution in [1.29, 1.82) is 0 Å². The second-order valence-corrected chi connectivity index (χ2v) is 11.5. The SMILES string of the molecule is CC(=O)c1c(OC2OC(CO)C(O)C(O)C2O)cc(OS(=O)(=O)[O-])c(-c2c(C)cc(O)c3c2C(=O)c2cccc(O)c2C3=O)c1O.[Na+]. The fourth-order valence-corrected chi connectivity index (χ4v) is 5.92. The number of hydrogen-bond acceptors (Lipinski definition) is 16. The van der Waals surface area contributed by atoms with Crippen LogP contribution in [-0.2, 0) is 15.1 Å². The van der Waals surface area contributed by atoms with Gasteiger partial charge in [-0.25, -0.2) is 8.42 Å². The minimum absolute atomic E-state index is 0. The van der Waals surface area contributed by atoms with Crippen molar-refractivity contribution in [3.63, 3.8) is 0 Å². The van der Waals surface area contributed by atoms with Crippen LogP contribution in [0.1, 0.15) is 54.7 Å². The molecule has 3 aromatic rings. The van der Waals surface area contributed by atoms with Gasteiger partial charge in [0.25, 0.3) is 10.4 Å². The number of aliphatic hydroxyl groups is 4. The Kier molecular flexibility index (Phi) is 10.1. The molecule has 1 aliphatic carbocycles. The molecule has 1 fully saturated rings. The van der Waals surface area contributed by atoms with Gasteiger partial charge in [-0.15, -0.1) is 0 Å². The monoisotopic (exact) mass is 684 g/mol. The summed E-state index contributed by atoms with van der Waals surface area (Å²) < 4.78 is 51.0. The fourth-order valence-electron chi connectivity index (χ4n) is 5.57. The topological polar surface area (TPSA) is 278 Å². The molecule has 2 aliphatic rings. The van der Waals surface area contributed by atoms with Crippen molar-refractivity contribution in [2.24, 2.45) is 0 Å². The van der Waals surface area contributed by atoms with Crippen molar-refractivity contribution < 1.29 is 106 Å². The second kappa shape index (κ2) is 13.1. The summed E-state index contributed by atoms with van der Waals surface area (Å²) in [7, 11) is -5.69. The molecule has 16 nitrogen and oxygen atoms in total. The molecule has 7 N–H and O–H groups in total. The summed E-state index contributed by atoms with van der Waals surface area (Å²) in [6.07, 6.45) is -9.21. The molecule has 5 atom stereocenters. The number of benzene rings is 3. The first-order valence-electron chi connectivity index (χ1n) is 13.3. The summed E-state index contributed by atoms with van der Waals surface area (Å²) in [6, 6.07) is 5.18. The summed E-state index contributed by atoms with van der Waals surface area (Å²) >= 11 is 0. The molecule has 5 unspecified atom stereocenters. The third kappa shape index (κ3) is 6.22. The number of Topliss-reactive ketones (excluding diaryl/α,β-unsaturated/α-hetero) is 1. The number of rotatable bonds is 7. The van der Waals surface area contributed by atoms with Gasteiger partial charge in [-0.3, -0.25) is 14.4 Å². The van der Waals surface area contributed by atoms with Gasteiger partial charge in [0.1, 0.15) is 53.0 Å². The predicted octanol–water partition coefficient (Wildman–Crippen LogP) is -3.22. The number of aliphatic hydroxyl groups excluding tert-OH is 4. The minimum atomic E-state index is -5.69. The molecule has 244 valence electrons. The molecule has 1 aliphatic heterocycles. The van der Waals surface area contributed by atoms with Gasteiger partial charge in [-0.2, -0.15) is 0 Å². The van der Waals surface area contributed by atoms with Crippen LogP contribution in [0.15, 0.2) is 30.3 Å². The second-order valence-electron chi connectivity index (χ2n) is 10.5. The Morgan fingerprint density at radius 3 is 2.15 bits per heavy atom. The van der Waals surface area contributed by atoms with Crippen LogP contribution < -0.4 is 38.5 Å². The number of phenols is 3. The molecule has 0 radical (unpaired) electrons. The van der Waals surface area contributed by atoms with E-state index in [2.05, 4.69) is 4.18 Å². The summed E-state index contributed by atoms with van der Waals surface area (Å²) in [6.45, 7) is 1.35. The molecule has 18 heteroatoms. The Balaban J connectivity index is 0.00000500. The molecule has 47 heavy (non-hydrogen) atoms. The first-order chi connectivity index (χ1) is 21.5. The Hall–Kier alpha value is -3.62. The number of phenolic OH excluding ortho intramolecular Hbond substituents is 3. The summed E-state index contributed by atoms with van der Waals surface area (Å²) in [5.74, 6) is -7.25. The van der Waals surface area contributed by atoms with Gasteiger partial charge in [0, 0.05) is 22.8 Å². The maximum atomic E-state index is 13.8. The first kappa shape index (κ1) is 36.2. The van der Waals surface area contributed by atoms with Gasteiger partial charge in [-0.1, -0.05) is 12.1 Å². The molecular formula is C29H25NaO16S. The Bertz CT molecular complexity index is 1920. The van der Waals surface area contributed by atoms with E-state index in [1.165, 1.54) is 19.1 Å². The third-order valence-electron chi connectivity index (χ3n) is 7.59. The largest absolute Gasteiger partial charge is 1.00 e. The number of ether oxygens (including phenoxy) is 2. The van der Waals surface area contributed by atoms with E-state index in [1.807, 2.05) is 0 Å². The molecule has 0 bridgehead atoms. The Morgan fingerprint density at radius 1 is 0.894 bits per heavy atom. The van der Waals surface area contributed by atoms with E-state index >= 15 is 0 Å².